The first-order chi connectivity index (χ1) is 11.7. The first-order valence-corrected chi connectivity index (χ1v) is 9.19. The van der Waals surface area contributed by atoms with Crippen molar-refractivity contribution in [2.24, 2.45) is 0 Å². The number of esters is 1. The lowest BCUT2D eigenvalue weighted by atomic mass is 9.93. The first-order valence-electron chi connectivity index (χ1n) is 9.19. The molecule has 0 radical (unpaired) electrons. The van der Waals surface area contributed by atoms with Crippen LogP contribution in [-0.2, 0) is 20.7 Å². The van der Waals surface area contributed by atoms with Crippen molar-refractivity contribution in [1.82, 2.24) is 4.90 Å². The number of rotatable bonds is 8. The molecule has 2 rings (SSSR count). The lowest BCUT2D eigenvalue weighted by molar-refractivity contribution is -0.144. The molecule has 4 heteroatoms. The molecule has 1 aromatic carbocycles. The summed E-state index contributed by atoms with van der Waals surface area (Å²) < 4.78 is 5.01. The Kier molecular flexibility index (Phi) is 7.80. The van der Waals surface area contributed by atoms with Crippen LogP contribution in [0.2, 0.25) is 0 Å². The van der Waals surface area contributed by atoms with Crippen molar-refractivity contribution in [1.29, 1.82) is 0 Å². The Hall–Kier alpha value is -1.84. The number of ether oxygens (including phenoxy) is 1. The van der Waals surface area contributed by atoms with Crippen LogP contribution in [0.3, 0.4) is 0 Å². The molecule has 1 aliphatic carbocycles. The van der Waals surface area contributed by atoms with E-state index in [1.54, 1.807) is 0 Å². The van der Waals surface area contributed by atoms with Gasteiger partial charge >= 0.3 is 5.97 Å². The highest BCUT2D eigenvalue weighted by Crippen LogP contribution is 2.23. The average Bonchev–Trinajstić information content (AvgIpc) is 2.62. The monoisotopic (exact) mass is 331 g/mol. The molecular formula is C20H29NO3. The van der Waals surface area contributed by atoms with E-state index in [1.165, 1.54) is 24.8 Å². The lowest BCUT2D eigenvalue weighted by Crippen LogP contribution is -2.42. The first kappa shape index (κ1) is 18.5. The second-order valence-electron chi connectivity index (χ2n) is 6.42. The molecule has 24 heavy (non-hydrogen) atoms. The van der Waals surface area contributed by atoms with Crippen LogP contribution in [0.5, 0.6) is 0 Å². The summed E-state index contributed by atoms with van der Waals surface area (Å²) in [6.45, 7) is 2.68. The molecule has 1 fully saturated rings. The van der Waals surface area contributed by atoms with Crippen molar-refractivity contribution in [3.8, 4) is 0 Å². The van der Waals surface area contributed by atoms with Crippen LogP contribution in [-0.4, -0.2) is 36.0 Å². The molecule has 0 aromatic heterocycles. The molecule has 0 unspecified atom stereocenters. The van der Waals surface area contributed by atoms with Crippen LogP contribution in [0.1, 0.15) is 57.4 Å². The highest BCUT2D eigenvalue weighted by Gasteiger charge is 2.25. The van der Waals surface area contributed by atoms with Crippen LogP contribution in [0.25, 0.3) is 0 Å². The van der Waals surface area contributed by atoms with Gasteiger partial charge in [0.1, 0.15) is 0 Å². The van der Waals surface area contributed by atoms with Crippen LogP contribution < -0.4 is 0 Å². The maximum absolute atomic E-state index is 12.8. The molecule has 0 heterocycles. The van der Waals surface area contributed by atoms with E-state index in [0.29, 0.717) is 26.0 Å². The van der Waals surface area contributed by atoms with E-state index >= 15 is 0 Å². The number of nitrogens with zero attached hydrogens (tertiary/aromatic N) is 1. The summed E-state index contributed by atoms with van der Waals surface area (Å²) in [5, 5.41) is 0. The van der Waals surface area contributed by atoms with Crippen LogP contribution in [0.4, 0.5) is 0 Å². The Morgan fingerprint density at radius 2 is 1.79 bits per heavy atom. The molecule has 0 saturated heterocycles. The SMILES string of the molecule is CCOC(=O)CCN(C(=O)CCc1ccccc1)C1CCCCC1. The fourth-order valence-corrected chi connectivity index (χ4v) is 3.39. The van der Waals surface area contributed by atoms with Gasteiger partial charge in [0.25, 0.3) is 0 Å². The second-order valence-corrected chi connectivity index (χ2v) is 6.42. The summed E-state index contributed by atoms with van der Waals surface area (Å²) in [7, 11) is 0. The minimum Gasteiger partial charge on any atom is -0.466 e. The van der Waals surface area contributed by atoms with Gasteiger partial charge in [-0.05, 0) is 31.7 Å². The molecule has 0 bridgehead atoms. The van der Waals surface area contributed by atoms with E-state index in [4.69, 9.17) is 4.74 Å². The van der Waals surface area contributed by atoms with E-state index < -0.39 is 0 Å². The zero-order chi connectivity index (χ0) is 17.2. The van der Waals surface area contributed by atoms with Gasteiger partial charge in [0.05, 0.1) is 13.0 Å². The minimum atomic E-state index is -0.214. The summed E-state index contributed by atoms with van der Waals surface area (Å²) >= 11 is 0. The summed E-state index contributed by atoms with van der Waals surface area (Å²) in [6, 6.07) is 10.4. The molecule has 0 spiro atoms. The Balaban J connectivity index is 1.92. The quantitative estimate of drug-likeness (QED) is 0.682. The summed E-state index contributed by atoms with van der Waals surface area (Å²) in [5.74, 6) is -0.0516. The van der Waals surface area contributed by atoms with Crippen LogP contribution in [0.15, 0.2) is 30.3 Å². The smallest absolute Gasteiger partial charge is 0.307 e. The van der Waals surface area contributed by atoms with Crippen molar-refractivity contribution >= 4 is 11.9 Å². The highest BCUT2D eigenvalue weighted by atomic mass is 16.5. The predicted molar refractivity (Wildman–Crippen MR) is 94.6 cm³/mol. The molecule has 132 valence electrons. The van der Waals surface area contributed by atoms with Crippen molar-refractivity contribution in [2.45, 2.75) is 64.3 Å². The maximum Gasteiger partial charge on any atom is 0.307 e. The number of aryl methyl sites for hydroxylation is 1. The van der Waals surface area contributed by atoms with Gasteiger partial charge in [-0.15, -0.1) is 0 Å². The van der Waals surface area contributed by atoms with Gasteiger partial charge in [-0.25, -0.2) is 0 Å². The predicted octanol–water partition coefficient (Wildman–Crippen LogP) is 3.73. The third-order valence-corrected chi connectivity index (χ3v) is 4.67. The van der Waals surface area contributed by atoms with Gasteiger partial charge < -0.3 is 9.64 Å². The standard InChI is InChI=1S/C20H29NO3/c1-2-24-20(23)15-16-21(18-11-7-4-8-12-18)19(22)14-13-17-9-5-3-6-10-17/h3,5-6,9-10,18H,2,4,7-8,11-16H2,1H3. The number of carbonyl (C=O) groups is 2. The number of amides is 1. The summed E-state index contributed by atoms with van der Waals surface area (Å²) in [6.07, 6.45) is 7.26. The zero-order valence-corrected chi connectivity index (χ0v) is 14.7. The maximum atomic E-state index is 12.8. The molecular weight excluding hydrogens is 302 g/mol. The molecule has 0 atom stereocenters. The van der Waals surface area contributed by atoms with Gasteiger partial charge in [-0.2, -0.15) is 0 Å². The van der Waals surface area contributed by atoms with E-state index in [-0.39, 0.29) is 17.9 Å². The van der Waals surface area contributed by atoms with Crippen LogP contribution in [0, 0.1) is 0 Å². The Bertz CT molecular complexity index is 509. The number of hydrogen-bond donors (Lipinski definition) is 0. The largest absolute Gasteiger partial charge is 0.466 e. The van der Waals surface area contributed by atoms with Gasteiger partial charge in [-0.1, -0.05) is 49.6 Å². The summed E-state index contributed by atoms with van der Waals surface area (Å²) in [4.78, 5) is 26.4. The third kappa shape index (κ3) is 5.99. The van der Waals surface area contributed by atoms with Gasteiger partial charge in [0.2, 0.25) is 5.91 Å². The Morgan fingerprint density at radius 1 is 1.08 bits per heavy atom. The fourth-order valence-electron chi connectivity index (χ4n) is 3.39. The molecule has 1 amide bonds. The van der Waals surface area contributed by atoms with E-state index in [0.717, 1.165) is 19.3 Å². The average molecular weight is 331 g/mol. The minimum absolute atomic E-state index is 0.162. The van der Waals surface area contributed by atoms with Gasteiger partial charge in [-0.3, -0.25) is 9.59 Å². The van der Waals surface area contributed by atoms with E-state index in [9.17, 15) is 9.59 Å². The number of hydrogen-bond acceptors (Lipinski definition) is 3. The van der Waals surface area contributed by atoms with Gasteiger partial charge in [0.15, 0.2) is 0 Å². The Labute approximate surface area is 145 Å². The topological polar surface area (TPSA) is 46.6 Å². The van der Waals surface area contributed by atoms with Crippen molar-refractivity contribution in [2.75, 3.05) is 13.2 Å². The van der Waals surface area contributed by atoms with Crippen molar-refractivity contribution < 1.29 is 14.3 Å². The van der Waals surface area contributed by atoms with Crippen molar-refractivity contribution in [3.05, 3.63) is 35.9 Å². The Morgan fingerprint density at radius 3 is 2.46 bits per heavy atom. The lowest BCUT2D eigenvalue weighted by Gasteiger charge is -2.34. The van der Waals surface area contributed by atoms with Gasteiger partial charge in [0, 0.05) is 19.0 Å². The molecule has 1 aliphatic rings. The zero-order valence-electron chi connectivity index (χ0n) is 14.7. The molecule has 4 nitrogen and oxygen atoms in total. The second kappa shape index (κ2) is 10.1. The molecule has 1 saturated carbocycles. The van der Waals surface area contributed by atoms with Crippen molar-refractivity contribution in [3.63, 3.8) is 0 Å². The molecule has 0 N–H and O–H groups in total. The molecule has 0 aliphatic heterocycles. The number of benzene rings is 1. The third-order valence-electron chi connectivity index (χ3n) is 4.67. The molecule has 1 aromatic rings. The van der Waals surface area contributed by atoms with Crippen LogP contribution >= 0.6 is 0 Å². The number of carbonyl (C=O) groups excluding carboxylic acids is 2. The normalized spacial score (nSPS) is 15.0. The fraction of sp³-hybridized carbons (Fsp3) is 0.600. The summed E-state index contributed by atoms with van der Waals surface area (Å²) in [5.41, 5.74) is 1.18. The van der Waals surface area contributed by atoms with E-state index in [2.05, 4.69) is 12.1 Å². The highest BCUT2D eigenvalue weighted by molar-refractivity contribution is 5.78. The van der Waals surface area contributed by atoms with E-state index in [1.807, 2.05) is 30.0 Å².